The molecule has 0 spiro atoms. The molecule has 1 aromatic carbocycles. The van der Waals surface area contributed by atoms with Crippen LogP contribution in [0.4, 0.5) is 19.3 Å². The van der Waals surface area contributed by atoms with E-state index in [0.29, 0.717) is 0 Å². The Hall–Kier alpha value is -1.91. The Morgan fingerprint density at radius 3 is 2.88 bits per heavy atom. The molecule has 0 aliphatic heterocycles. The van der Waals surface area contributed by atoms with Crippen molar-refractivity contribution in [2.24, 2.45) is 0 Å². The molecule has 0 radical (unpaired) electrons. The van der Waals surface area contributed by atoms with Gasteiger partial charge < -0.3 is 10.6 Å². The molecule has 2 N–H and O–H groups in total. The zero-order chi connectivity index (χ0) is 12.0. The summed E-state index contributed by atoms with van der Waals surface area (Å²) in [4.78, 5) is 11.2. The van der Waals surface area contributed by atoms with E-state index in [4.69, 9.17) is 0 Å². The molecule has 0 bridgehead atoms. The van der Waals surface area contributed by atoms with Crippen molar-refractivity contribution in [2.75, 3.05) is 5.32 Å². The first-order chi connectivity index (χ1) is 7.63. The molecule has 16 heavy (non-hydrogen) atoms. The summed E-state index contributed by atoms with van der Waals surface area (Å²) >= 11 is 0. The Morgan fingerprint density at radius 1 is 1.44 bits per heavy atom. The zero-order valence-electron chi connectivity index (χ0n) is 8.76. The molecule has 5 heteroatoms. The number of carbonyl (C=O) groups excluding carboxylic acids is 1. The fraction of sp³-hybridized carbons (Fsp3) is 0.182. The highest BCUT2D eigenvalue weighted by Gasteiger charge is 2.06. The maximum absolute atomic E-state index is 13.1. The van der Waals surface area contributed by atoms with Gasteiger partial charge in [-0.05, 0) is 18.6 Å². The molecule has 0 unspecified atom stereocenters. The SMILES string of the molecule is CC/C=C/NC(=O)Nc1cc(F)ccc1F. The summed E-state index contributed by atoms with van der Waals surface area (Å²) < 4.78 is 25.8. The molecule has 0 aliphatic carbocycles. The minimum absolute atomic E-state index is 0.192. The number of allylic oxidation sites excluding steroid dienone is 1. The van der Waals surface area contributed by atoms with Crippen molar-refractivity contribution in [3.8, 4) is 0 Å². The first-order valence-corrected chi connectivity index (χ1v) is 4.81. The molecule has 0 saturated heterocycles. The quantitative estimate of drug-likeness (QED) is 0.817. The number of benzene rings is 1. The number of anilines is 1. The Bertz CT molecular complexity index is 405. The average molecular weight is 226 g/mol. The van der Waals surface area contributed by atoms with Crippen molar-refractivity contribution in [2.45, 2.75) is 13.3 Å². The number of hydrogen-bond acceptors (Lipinski definition) is 1. The number of halogens is 2. The van der Waals surface area contributed by atoms with Gasteiger partial charge in [0.1, 0.15) is 11.6 Å². The van der Waals surface area contributed by atoms with Gasteiger partial charge in [0, 0.05) is 12.3 Å². The molecule has 86 valence electrons. The standard InChI is InChI=1S/C11H12F2N2O/c1-2-3-6-14-11(16)15-10-7-8(12)4-5-9(10)13/h3-7H,2H2,1H3,(H2,14,15,16)/b6-3+. The Balaban J connectivity index is 2.62. The van der Waals surface area contributed by atoms with Gasteiger partial charge in [-0.25, -0.2) is 13.6 Å². The molecular formula is C11H12F2N2O. The van der Waals surface area contributed by atoms with Crippen molar-refractivity contribution in [1.82, 2.24) is 5.32 Å². The number of urea groups is 1. The monoisotopic (exact) mass is 226 g/mol. The van der Waals surface area contributed by atoms with Crippen molar-refractivity contribution in [3.63, 3.8) is 0 Å². The zero-order valence-corrected chi connectivity index (χ0v) is 8.76. The van der Waals surface area contributed by atoms with Crippen LogP contribution in [-0.4, -0.2) is 6.03 Å². The number of nitrogens with one attached hydrogen (secondary N) is 2. The van der Waals surface area contributed by atoms with Crippen LogP contribution in [0.25, 0.3) is 0 Å². The van der Waals surface area contributed by atoms with Crippen LogP contribution in [-0.2, 0) is 0 Å². The number of rotatable bonds is 3. The van der Waals surface area contributed by atoms with Gasteiger partial charge in [-0.15, -0.1) is 0 Å². The van der Waals surface area contributed by atoms with Crippen LogP contribution in [0.1, 0.15) is 13.3 Å². The Kier molecular flexibility index (Phi) is 4.44. The molecule has 0 fully saturated rings. The summed E-state index contributed by atoms with van der Waals surface area (Å²) in [5, 5.41) is 4.55. The summed E-state index contributed by atoms with van der Waals surface area (Å²) in [5.41, 5.74) is -0.192. The lowest BCUT2D eigenvalue weighted by molar-refractivity contribution is 0.255. The normalized spacial score (nSPS) is 10.4. The van der Waals surface area contributed by atoms with Crippen molar-refractivity contribution in [1.29, 1.82) is 0 Å². The average Bonchev–Trinajstić information content (AvgIpc) is 2.24. The van der Waals surface area contributed by atoms with E-state index in [2.05, 4.69) is 10.6 Å². The lowest BCUT2D eigenvalue weighted by atomic mass is 10.3. The van der Waals surface area contributed by atoms with Crippen LogP contribution >= 0.6 is 0 Å². The third kappa shape index (κ3) is 3.68. The van der Waals surface area contributed by atoms with Gasteiger partial charge in [-0.3, -0.25) is 0 Å². The molecule has 1 rings (SSSR count). The highest BCUT2D eigenvalue weighted by molar-refractivity contribution is 5.89. The third-order valence-corrected chi connectivity index (χ3v) is 1.74. The third-order valence-electron chi connectivity index (χ3n) is 1.74. The summed E-state index contributed by atoms with van der Waals surface area (Å²) in [7, 11) is 0. The number of carbonyl (C=O) groups is 1. The van der Waals surface area contributed by atoms with Gasteiger partial charge in [-0.2, -0.15) is 0 Å². The van der Waals surface area contributed by atoms with Crippen molar-refractivity contribution >= 4 is 11.7 Å². The molecule has 1 aromatic rings. The van der Waals surface area contributed by atoms with Gasteiger partial charge in [0.25, 0.3) is 0 Å². The topological polar surface area (TPSA) is 41.1 Å². The second kappa shape index (κ2) is 5.85. The van der Waals surface area contributed by atoms with Crippen molar-refractivity contribution < 1.29 is 13.6 Å². The van der Waals surface area contributed by atoms with Gasteiger partial charge in [0.05, 0.1) is 5.69 Å². The minimum atomic E-state index is -0.684. The predicted molar refractivity (Wildman–Crippen MR) is 57.9 cm³/mol. The molecule has 0 heterocycles. The first kappa shape index (κ1) is 12.2. The van der Waals surface area contributed by atoms with Crippen LogP contribution < -0.4 is 10.6 Å². The second-order valence-corrected chi connectivity index (χ2v) is 3.03. The lowest BCUT2D eigenvalue weighted by Gasteiger charge is -2.05. The summed E-state index contributed by atoms with van der Waals surface area (Å²) in [6, 6.07) is 2.23. The first-order valence-electron chi connectivity index (χ1n) is 4.81. The fourth-order valence-corrected chi connectivity index (χ4v) is 1.00. The van der Waals surface area contributed by atoms with E-state index in [1.54, 1.807) is 6.08 Å². The smallest absolute Gasteiger partial charge is 0.315 e. The second-order valence-electron chi connectivity index (χ2n) is 3.03. The van der Waals surface area contributed by atoms with Crippen LogP contribution in [0.2, 0.25) is 0 Å². The Labute approximate surface area is 92.2 Å². The van der Waals surface area contributed by atoms with Crippen LogP contribution in [0.15, 0.2) is 30.5 Å². The fourth-order valence-electron chi connectivity index (χ4n) is 1.00. The number of amides is 2. The van der Waals surface area contributed by atoms with Gasteiger partial charge in [0.15, 0.2) is 0 Å². The molecule has 0 saturated carbocycles. The highest BCUT2D eigenvalue weighted by atomic mass is 19.1. The van der Waals surface area contributed by atoms with Gasteiger partial charge in [-0.1, -0.05) is 13.0 Å². The van der Waals surface area contributed by atoms with Crippen molar-refractivity contribution in [3.05, 3.63) is 42.1 Å². The van der Waals surface area contributed by atoms with E-state index < -0.39 is 17.7 Å². The molecular weight excluding hydrogens is 214 g/mol. The molecule has 2 amide bonds. The number of hydrogen-bond donors (Lipinski definition) is 2. The van der Waals surface area contributed by atoms with E-state index in [0.717, 1.165) is 24.6 Å². The van der Waals surface area contributed by atoms with E-state index in [-0.39, 0.29) is 5.69 Å². The molecule has 0 atom stereocenters. The van der Waals surface area contributed by atoms with E-state index in [9.17, 15) is 13.6 Å². The maximum atomic E-state index is 13.1. The van der Waals surface area contributed by atoms with Gasteiger partial charge in [0.2, 0.25) is 0 Å². The van der Waals surface area contributed by atoms with E-state index in [1.807, 2.05) is 6.92 Å². The summed E-state index contributed by atoms with van der Waals surface area (Å²) in [6.45, 7) is 1.91. The highest BCUT2D eigenvalue weighted by Crippen LogP contribution is 2.14. The summed E-state index contributed by atoms with van der Waals surface area (Å²) in [6.07, 6.45) is 3.93. The summed E-state index contributed by atoms with van der Waals surface area (Å²) in [5.74, 6) is -1.29. The van der Waals surface area contributed by atoms with Crippen LogP contribution in [0, 0.1) is 11.6 Å². The molecule has 0 aromatic heterocycles. The van der Waals surface area contributed by atoms with Crippen LogP contribution in [0.3, 0.4) is 0 Å². The van der Waals surface area contributed by atoms with E-state index >= 15 is 0 Å². The predicted octanol–water partition coefficient (Wildman–Crippen LogP) is 3.01. The largest absolute Gasteiger partial charge is 0.323 e. The Morgan fingerprint density at radius 2 is 2.19 bits per heavy atom. The molecule has 3 nitrogen and oxygen atoms in total. The lowest BCUT2D eigenvalue weighted by Crippen LogP contribution is -2.24. The molecule has 0 aliphatic rings. The van der Waals surface area contributed by atoms with Gasteiger partial charge >= 0.3 is 6.03 Å². The van der Waals surface area contributed by atoms with Crippen LogP contribution in [0.5, 0.6) is 0 Å². The van der Waals surface area contributed by atoms with E-state index in [1.165, 1.54) is 6.20 Å². The minimum Gasteiger partial charge on any atom is -0.315 e. The maximum Gasteiger partial charge on any atom is 0.323 e.